The van der Waals surface area contributed by atoms with Crippen LogP contribution in [0.5, 0.6) is 0 Å². The highest BCUT2D eigenvalue weighted by Gasteiger charge is 2.01. The molecule has 0 aliphatic heterocycles. The summed E-state index contributed by atoms with van der Waals surface area (Å²) in [6.45, 7) is 0.489. The molecule has 0 fully saturated rings. The van der Waals surface area contributed by atoms with E-state index in [0.29, 0.717) is 12.3 Å². The maximum atomic E-state index is 5.55. The van der Waals surface area contributed by atoms with Gasteiger partial charge in [0.15, 0.2) is 5.65 Å². The number of anilines is 1. The predicted molar refractivity (Wildman–Crippen MR) is 48.1 cm³/mol. The smallest absolute Gasteiger partial charge is 0.155 e. The van der Waals surface area contributed by atoms with Crippen LogP contribution in [-0.4, -0.2) is 21.7 Å². The van der Waals surface area contributed by atoms with E-state index in [1.807, 2.05) is 6.07 Å². The minimum Gasteiger partial charge on any atom is -0.396 e. The summed E-state index contributed by atoms with van der Waals surface area (Å²) in [5, 5.41) is 4.21. The molecule has 2 aromatic rings. The number of nitrogens with zero attached hydrogens (tertiary/aromatic N) is 3. The monoisotopic (exact) mass is 178 g/mol. The molecule has 0 bridgehead atoms. The third-order valence-electron chi connectivity index (χ3n) is 1.68. The van der Waals surface area contributed by atoms with E-state index in [0.717, 1.165) is 11.3 Å². The zero-order valence-corrected chi connectivity index (χ0v) is 7.27. The standard InChI is InChI=1S/C8H10N4O/c1-13-5-7-2-8-10-3-6(9)4-12(8)11-7/h2-4H,5,9H2,1H3. The van der Waals surface area contributed by atoms with Crippen LogP contribution in [0.1, 0.15) is 5.69 Å². The molecule has 0 aromatic carbocycles. The molecule has 0 aliphatic rings. The van der Waals surface area contributed by atoms with Gasteiger partial charge in [-0.1, -0.05) is 0 Å². The molecule has 0 unspecified atom stereocenters. The summed E-state index contributed by atoms with van der Waals surface area (Å²) >= 11 is 0. The van der Waals surface area contributed by atoms with E-state index >= 15 is 0 Å². The number of nitrogen functional groups attached to an aromatic ring is 1. The zero-order chi connectivity index (χ0) is 9.26. The fourth-order valence-corrected chi connectivity index (χ4v) is 1.16. The number of methoxy groups -OCH3 is 1. The fourth-order valence-electron chi connectivity index (χ4n) is 1.16. The number of ether oxygens (including phenoxy) is 1. The number of fused-ring (bicyclic) bond motifs is 1. The molecule has 0 saturated heterocycles. The third-order valence-corrected chi connectivity index (χ3v) is 1.68. The van der Waals surface area contributed by atoms with E-state index in [1.54, 1.807) is 24.0 Å². The average molecular weight is 178 g/mol. The molecule has 68 valence electrons. The molecule has 0 saturated carbocycles. The molecule has 5 heteroatoms. The Morgan fingerprint density at radius 2 is 2.46 bits per heavy atom. The third kappa shape index (κ3) is 1.46. The van der Waals surface area contributed by atoms with Gasteiger partial charge in [-0.2, -0.15) is 5.10 Å². The highest BCUT2D eigenvalue weighted by Crippen LogP contribution is 2.06. The first-order valence-electron chi connectivity index (χ1n) is 3.88. The zero-order valence-electron chi connectivity index (χ0n) is 7.27. The summed E-state index contributed by atoms with van der Waals surface area (Å²) < 4.78 is 6.60. The average Bonchev–Trinajstić information content (AvgIpc) is 2.46. The topological polar surface area (TPSA) is 65.4 Å². The first-order chi connectivity index (χ1) is 6.29. The van der Waals surface area contributed by atoms with Gasteiger partial charge in [0.2, 0.25) is 0 Å². The summed E-state index contributed by atoms with van der Waals surface area (Å²) in [4.78, 5) is 4.10. The molecule has 2 rings (SSSR count). The van der Waals surface area contributed by atoms with Crippen LogP contribution in [0.25, 0.3) is 5.65 Å². The van der Waals surface area contributed by atoms with Gasteiger partial charge >= 0.3 is 0 Å². The van der Waals surface area contributed by atoms with Gasteiger partial charge in [-0.05, 0) is 0 Å². The van der Waals surface area contributed by atoms with Crippen LogP contribution in [0.4, 0.5) is 5.69 Å². The molecule has 0 spiro atoms. The van der Waals surface area contributed by atoms with Crippen LogP contribution in [0, 0.1) is 0 Å². The van der Waals surface area contributed by atoms with Crippen molar-refractivity contribution < 1.29 is 4.74 Å². The van der Waals surface area contributed by atoms with E-state index in [4.69, 9.17) is 10.5 Å². The Labute approximate surface area is 75.1 Å². The molecule has 13 heavy (non-hydrogen) atoms. The Morgan fingerprint density at radius 3 is 3.23 bits per heavy atom. The summed E-state index contributed by atoms with van der Waals surface area (Å²) in [7, 11) is 1.63. The van der Waals surface area contributed by atoms with Crippen LogP contribution >= 0.6 is 0 Å². The predicted octanol–water partition coefficient (Wildman–Crippen LogP) is 0.458. The number of hydrogen-bond acceptors (Lipinski definition) is 4. The highest BCUT2D eigenvalue weighted by molar-refractivity contribution is 5.44. The molecule has 2 aromatic heterocycles. The first-order valence-corrected chi connectivity index (χ1v) is 3.88. The Bertz CT molecular complexity index is 423. The van der Waals surface area contributed by atoms with E-state index in [1.165, 1.54) is 0 Å². The van der Waals surface area contributed by atoms with Crippen molar-refractivity contribution in [2.75, 3.05) is 12.8 Å². The second-order valence-electron chi connectivity index (χ2n) is 2.76. The van der Waals surface area contributed by atoms with E-state index in [2.05, 4.69) is 10.1 Å². The maximum absolute atomic E-state index is 5.55. The molecule has 0 radical (unpaired) electrons. The second kappa shape index (κ2) is 3.02. The van der Waals surface area contributed by atoms with Crippen molar-refractivity contribution >= 4 is 11.3 Å². The van der Waals surface area contributed by atoms with Gasteiger partial charge in [0.05, 0.1) is 30.4 Å². The lowest BCUT2D eigenvalue weighted by molar-refractivity contribution is 0.181. The van der Waals surface area contributed by atoms with Crippen LogP contribution in [-0.2, 0) is 11.3 Å². The molecule has 2 N–H and O–H groups in total. The van der Waals surface area contributed by atoms with E-state index in [9.17, 15) is 0 Å². The maximum Gasteiger partial charge on any atom is 0.155 e. The largest absolute Gasteiger partial charge is 0.396 e. The molecule has 0 atom stereocenters. The molecule has 5 nitrogen and oxygen atoms in total. The van der Waals surface area contributed by atoms with E-state index < -0.39 is 0 Å². The van der Waals surface area contributed by atoms with E-state index in [-0.39, 0.29) is 0 Å². The molecular weight excluding hydrogens is 168 g/mol. The number of hydrogen-bond donors (Lipinski definition) is 1. The summed E-state index contributed by atoms with van der Waals surface area (Å²) in [6.07, 6.45) is 3.33. The normalized spacial score (nSPS) is 10.8. The van der Waals surface area contributed by atoms with Crippen molar-refractivity contribution in [1.29, 1.82) is 0 Å². The summed E-state index contributed by atoms with van der Waals surface area (Å²) in [5.41, 5.74) is 7.78. The molecule has 0 aliphatic carbocycles. The minimum absolute atomic E-state index is 0.489. The first kappa shape index (κ1) is 8.00. The lowest BCUT2D eigenvalue weighted by Crippen LogP contribution is -1.94. The summed E-state index contributed by atoms with van der Waals surface area (Å²) in [5.74, 6) is 0. The lowest BCUT2D eigenvalue weighted by atomic mass is 10.4. The highest BCUT2D eigenvalue weighted by atomic mass is 16.5. The Kier molecular flexibility index (Phi) is 1.86. The SMILES string of the molecule is COCc1cc2ncc(N)cn2n1. The lowest BCUT2D eigenvalue weighted by Gasteiger charge is -1.92. The van der Waals surface area contributed by atoms with Gasteiger partial charge in [0, 0.05) is 13.2 Å². The van der Waals surface area contributed by atoms with Crippen molar-refractivity contribution in [3.05, 3.63) is 24.2 Å². The fraction of sp³-hybridized carbons (Fsp3) is 0.250. The van der Waals surface area contributed by atoms with Crippen molar-refractivity contribution in [3.8, 4) is 0 Å². The van der Waals surface area contributed by atoms with Crippen molar-refractivity contribution in [3.63, 3.8) is 0 Å². The number of aromatic nitrogens is 3. The second-order valence-corrected chi connectivity index (χ2v) is 2.76. The van der Waals surface area contributed by atoms with Crippen LogP contribution in [0.2, 0.25) is 0 Å². The number of rotatable bonds is 2. The minimum atomic E-state index is 0.489. The Hall–Kier alpha value is -1.62. The molecule has 2 heterocycles. The molecular formula is C8H10N4O. The number of nitrogens with two attached hydrogens (primary N) is 1. The Morgan fingerprint density at radius 1 is 1.62 bits per heavy atom. The van der Waals surface area contributed by atoms with Crippen LogP contribution in [0.15, 0.2) is 18.5 Å². The molecule has 0 amide bonds. The van der Waals surface area contributed by atoms with Gasteiger partial charge in [-0.25, -0.2) is 9.50 Å². The van der Waals surface area contributed by atoms with Gasteiger partial charge in [0.1, 0.15) is 0 Å². The van der Waals surface area contributed by atoms with Gasteiger partial charge in [-0.15, -0.1) is 0 Å². The summed E-state index contributed by atoms with van der Waals surface area (Å²) in [6, 6.07) is 1.86. The van der Waals surface area contributed by atoms with Gasteiger partial charge < -0.3 is 10.5 Å². The quantitative estimate of drug-likeness (QED) is 0.725. The van der Waals surface area contributed by atoms with Gasteiger partial charge in [-0.3, -0.25) is 0 Å². The van der Waals surface area contributed by atoms with Crippen LogP contribution < -0.4 is 5.73 Å². The Balaban J connectivity index is 2.49. The van der Waals surface area contributed by atoms with Crippen molar-refractivity contribution in [2.45, 2.75) is 6.61 Å². The van der Waals surface area contributed by atoms with Crippen molar-refractivity contribution in [1.82, 2.24) is 14.6 Å². The van der Waals surface area contributed by atoms with Crippen molar-refractivity contribution in [2.24, 2.45) is 0 Å². The van der Waals surface area contributed by atoms with Gasteiger partial charge in [0.25, 0.3) is 0 Å². The van der Waals surface area contributed by atoms with Crippen LogP contribution in [0.3, 0.4) is 0 Å².